The monoisotopic (exact) mass is 355 g/mol. The second kappa shape index (κ2) is 9.82. The fourth-order valence-corrected chi connectivity index (χ4v) is 2.93. The van der Waals surface area contributed by atoms with Crippen LogP contribution in [0.4, 0.5) is 11.4 Å². The minimum Gasteiger partial charge on any atom is -0.506 e. The number of aromatic hydroxyl groups is 1. The molecule has 0 aromatic heterocycles. The molecular weight excluding hydrogens is 326 g/mol. The number of nitrogens with two attached hydrogens (primary N) is 1. The first kappa shape index (κ1) is 19.8. The van der Waals surface area contributed by atoms with Gasteiger partial charge in [-0.3, -0.25) is 4.79 Å². The zero-order valence-electron chi connectivity index (χ0n) is 15.6. The normalized spacial score (nSPS) is 11.9. The van der Waals surface area contributed by atoms with E-state index in [1.807, 2.05) is 36.4 Å². The highest BCUT2D eigenvalue weighted by molar-refractivity contribution is 5.90. The predicted molar refractivity (Wildman–Crippen MR) is 107 cm³/mol. The third kappa shape index (κ3) is 6.08. The third-order valence-corrected chi connectivity index (χ3v) is 4.36. The minimum absolute atomic E-state index is 0.0834. The first-order valence-corrected chi connectivity index (χ1v) is 9.18. The Hall–Kier alpha value is -2.53. The standard InChI is InChI=1S/C21H29N3O2/c1-3-4-5-19(23-13-12-16-6-9-18(22)10-7-16)17-8-11-21(26)20(14-17)24-15(2)25/h6-11,14,19,23,26H,3-5,12-13,22H2,1-2H3,(H,24,25). The summed E-state index contributed by atoms with van der Waals surface area (Å²) in [5, 5.41) is 16.2. The molecule has 1 unspecified atom stereocenters. The van der Waals surface area contributed by atoms with Crippen molar-refractivity contribution in [3.8, 4) is 5.75 Å². The summed E-state index contributed by atoms with van der Waals surface area (Å²) in [6, 6.07) is 13.5. The summed E-state index contributed by atoms with van der Waals surface area (Å²) in [7, 11) is 0. The van der Waals surface area contributed by atoms with Gasteiger partial charge in [-0.1, -0.05) is 38.0 Å². The number of rotatable bonds is 9. The predicted octanol–water partition coefficient (Wildman–Crippen LogP) is 4.00. The summed E-state index contributed by atoms with van der Waals surface area (Å²) >= 11 is 0. The average molecular weight is 355 g/mol. The summed E-state index contributed by atoms with van der Waals surface area (Å²) in [6.45, 7) is 4.45. The molecular formula is C21H29N3O2. The van der Waals surface area contributed by atoms with E-state index in [4.69, 9.17) is 5.73 Å². The lowest BCUT2D eigenvalue weighted by molar-refractivity contribution is -0.114. The molecule has 2 aromatic carbocycles. The van der Waals surface area contributed by atoms with Gasteiger partial charge in [0.25, 0.3) is 0 Å². The number of hydrogen-bond donors (Lipinski definition) is 4. The van der Waals surface area contributed by atoms with Crippen LogP contribution < -0.4 is 16.4 Å². The number of nitrogen functional groups attached to an aromatic ring is 1. The minimum atomic E-state index is -0.195. The molecule has 0 saturated heterocycles. The van der Waals surface area contributed by atoms with Gasteiger partial charge in [-0.15, -0.1) is 0 Å². The van der Waals surface area contributed by atoms with Crippen LogP contribution >= 0.6 is 0 Å². The van der Waals surface area contributed by atoms with E-state index >= 15 is 0 Å². The number of hydrogen-bond acceptors (Lipinski definition) is 4. The van der Waals surface area contributed by atoms with Gasteiger partial charge in [-0.25, -0.2) is 0 Å². The topological polar surface area (TPSA) is 87.4 Å². The van der Waals surface area contributed by atoms with Crippen molar-refractivity contribution in [2.24, 2.45) is 0 Å². The summed E-state index contributed by atoms with van der Waals surface area (Å²) in [5.41, 5.74) is 9.27. The highest BCUT2D eigenvalue weighted by atomic mass is 16.3. The maximum Gasteiger partial charge on any atom is 0.221 e. The molecule has 5 nitrogen and oxygen atoms in total. The van der Waals surface area contributed by atoms with Crippen molar-refractivity contribution < 1.29 is 9.90 Å². The Balaban J connectivity index is 2.05. The van der Waals surface area contributed by atoms with Crippen molar-refractivity contribution in [3.05, 3.63) is 53.6 Å². The Morgan fingerprint density at radius 3 is 2.58 bits per heavy atom. The first-order valence-electron chi connectivity index (χ1n) is 9.18. The number of carbonyl (C=O) groups is 1. The van der Waals surface area contributed by atoms with E-state index in [1.54, 1.807) is 6.07 Å². The van der Waals surface area contributed by atoms with Gasteiger partial charge in [0.1, 0.15) is 5.75 Å². The molecule has 0 saturated carbocycles. The SMILES string of the molecule is CCCCC(NCCc1ccc(N)cc1)c1ccc(O)c(NC(C)=O)c1. The van der Waals surface area contributed by atoms with Crippen LogP contribution in [-0.4, -0.2) is 17.6 Å². The van der Waals surface area contributed by atoms with Crippen molar-refractivity contribution in [1.29, 1.82) is 0 Å². The van der Waals surface area contributed by atoms with Crippen LogP contribution in [0, 0.1) is 0 Å². The number of anilines is 2. The molecule has 0 spiro atoms. The van der Waals surface area contributed by atoms with Gasteiger partial charge < -0.3 is 21.5 Å². The van der Waals surface area contributed by atoms with Crippen LogP contribution in [0.5, 0.6) is 5.75 Å². The molecule has 2 aromatic rings. The molecule has 140 valence electrons. The highest BCUT2D eigenvalue weighted by Gasteiger charge is 2.13. The molecule has 1 atom stereocenters. The molecule has 5 N–H and O–H groups in total. The van der Waals surface area contributed by atoms with Crippen LogP contribution in [0.1, 0.15) is 50.3 Å². The molecule has 0 aliphatic rings. The zero-order chi connectivity index (χ0) is 18.9. The van der Waals surface area contributed by atoms with Gasteiger partial charge in [0.05, 0.1) is 5.69 Å². The quantitative estimate of drug-likeness (QED) is 0.404. The Kier molecular flexibility index (Phi) is 7.48. The van der Waals surface area contributed by atoms with Crippen molar-refractivity contribution in [1.82, 2.24) is 5.32 Å². The molecule has 0 fully saturated rings. The van der Waals surface area contributed by atoms with Gasteiger partial charge >= 0.3 is 0 Å². The molecule has 2 rings (SSSR count). The van der Waals surface area contributed by atoms with Crippen LogP contribution in [-0.2, 0) is 11.2 Å². The van der Waals surface area contributed by atoms with E-state index in [1.165, 1.54) is 12.5 Å². The van der Waals surface area contributed by atoms with Crippen molar-refractivity contribution in [2.75, 3.05) is 17.6 Å². The van der Waals surface area contributed by atoms with Crippen LogP contribution in [0.25, 0.3) is 0 Å². The summed E-state index contributed by atoms with van der Waals surface area (Å²) in [6.07, 6.45) is 4.14. The second-order valence-corrected chi connectivity index (χ2v) is 6.60. The van der Waals surface area contributed by atoms with Crippen molar-refractivity contribution >= 4 is 17.3 Å². The van der Waals surface area contributed by atoms with Crippen molar-refractivity contribution in [2.45, 2.75) is 45.6 Å². The molecule has 1 amide bonds. The molecule has 0 aliphatic carbocycles. The lowest BCUT2D eigenvalue weighted by Gasteiger charge is -2.20. The number of phenolic OH excluding ortho intramolecular Hbond substituents is 1. The van der Waals surface area contributed by atoms with E-state index in [9.17, 15) is 9.90 Å². The number of amides is 1. The molecule has 0 radical (unpaired) electrons. The van der Waals surface area contributed by atoms with Crippen LogP contribution in [0.3, 0.4) is 0 Å². The summed E-state index contributed by atoms with van der Waals surface area (Å²) in [4.78, 5) is 11.3. The number of nitrogens with one attached hydrogen (secondary N) is 2. The van der Waals surface area contributed by atoms with Crippen LogP contribution in [0.2, 0.25) is 0 Å². The number of carbonyl (C=O) groups excluding carboxylic acids is 1. The van der Waals surface area contributed by atoms with Crippen LogP contribution in [0.15, 0.2) is 42.5 Å². The smallest absolute Gasteiger partial charge is 0.221 e. The Morgan fingerprint density at radius 1 is 1.19 bits per heavy atom. The second-order valence-electron chi connectivity index (χ2n) is 6.60. The highest BCUT2D eigenvalue weighted by Crippen LogP contribution is 2.29. The van der Waals surface area contributed by atoms with E-state index in [-0.39, 0.29) is 17.7 Å². The average Bonchev–Trinajstić information content (AvgIpc) is 2.61. The fraction of sp³-hybridized carbons (Fsp3) is 0.381. The van der Waals surface area contributed by atoms with E-state index in [0.29, 0.717) is 5.69 Å². The Morgan fingerprint density at radius 2 is 1.92 bits per heavy atom. The Labute approximate surface area is 155 Å². The number of phenols is 1. The lowest BCUT2D eigenvalue weighted by Crippen LogP contribution is -2.24. The maximum atomic E-state index is 11.3. The molecule has 26 heavy (non-hydrogen) atoms. The van der Waals surface area contributed by atoms with E-state index in [2.05, 4.69) is 17.6 Å². The number of unbranched alkanes of at least 4 members (excludes halogenated alkanes) is 1. The molecule has 0 aliphatic heterocycles. The molecule has 5 heteroatoms. The summed E-state index contributed by atoms with van der Waals surface area (Å²) < 4.78 is 0. The lowest BCUT2D eigenvalue weighted by atomic mass is 9.99. The molecule has 0 heterocycles. The fourth-order valence-electron chi connectivity index (χ4n) is 2.93. The van der Waals surface area contributed by atoms with E-state index in [0.717, 1.165) is 43.5 Å². The third-order valence-electron chi connectivity index (χ3n) is 4.36. The van der Waals surface area contributed by atoms with Gasteiger partial charge in [0.15, 0.2) is 0 Å². The summed E-state index contributed by atoms with van der Waals surface area (Å²) in [5.74, 6) is -0.112. The van der Waals surface area contributed by atoms with Gasteiger partial charge in [-0.05, 0) is 54.8 Å². The number of benzene rings is 2. The van der Waals surface area contributed by atoms with Gasteiger partial charge in [-0.2, -0.15) is 0 Å². The van der Waals surface area contributed by atoms with Gasteiger partial charge in [0, 0.05) is 18.7 Å². The largest absolute Gasteiger partial charge is 0.506 e. The zero-order valence-corrected chi connectivity index (χ0v) is 15.6. The van der Waals surface area contributed by atoms with Gasteiger partial charge in [0.2, 0.25) is 5.91 Å². The van der Waals surface area contributed by atoms with E-state index < -0.39 is 0 Å². The molecule has 0 bridgehead atoms. The first-order chi connectivity index (χ1) is 12.5. The Bertz CT molecular complexity index is 714. The maximum absolute atomic E-state index is 11.3. The van der Waals surface area contributed by atoms with Crippen molar-refractivity contribution in [3.63, 3.8) is 0 Å².